The molecule has 2 aliphatic rings. The highest BCUT2D eigenvalue weighted by atomic mass is 35.5. The molecule has 0 bridgehead atoms. The molecule has 1 saturated carbocycles. The van der Waals surface area contributed by atoms with E-state index < -0.39 is 11.4 Å². The van der Waals surface area contributed by atoms with E-state index in [1.807, 2.05) is 20.8 Å². The molecule has 1 aliphatic carbocycles. The number of aromatic nitrogens is 3. The molecule has 11 heteroatoms. The standard InChI is InChI=1S/C21H28Cl2N6OS2/c1-20(2,3)32(30)28-14-4-6-21(14)7-10-29(11-8-21)15-12-26-19(18(24)27-15)31-13-5-9-25-17(23)16(13)22/h5,9,12,14,28H,4,6-8,10-11H2,1-3H3,(H2,24,27)/t14-,32?/m0/s1. The molecule has 2 aromatic rings. The van der Waals surface area contributed by atoms with Crippen molar-refractivity contribution in [1.29, 1.82) is 0 Å². The molecule has 7 nitrogen and oxygen atoms in total. The molecule has 32 heavy (non-hydrogen) atoms. The van der Waals surface area contributed by atoms with Gasteiger partial charge < -0.3 is 15.2 Å². The number of halogens is 2. The van der Waals surface area contributed by atoms with E-state index in [4.69, 9.17) is 28.9 Å². The molecule has 3 heterocycles. The minimum absolute atomic E-state index is 0.226. The summed E-state index contributed by atoms with van der Waals surface area (Å²) in [5.41, 5.74) is 6.44. The highest BCUT2D eigenvalue weighted by Gasteiger charge is 2.51. The molecule has 0 amide bonds. The zero-order valence-corrected chi connectivity index (χ0v) is 21.5. The molecule has 1 aliphatic heterocycles. The van der Waals surface area contributed by atoms with Crippen molar-refractivity contribution in [2.45, 2.75) is 67.2 Å². The summed E-state index contributed by atoms with van der Waals surface area (Å²) in [6.07, 6.45) is 7.70. The number of nitrogens with one attached hydrogen (secondary N) is 1. The lowest BCUT2D eigenvalue weighted by Crippen LogP contribution is -2.61. The van der Waals surface area contributed by atoms with Crippen LogP contribution in [0.15, 0.2) is 28.4 Å². The molecule has 1 spiro atoms. The Morgan fingerprint density at radius 1 is 1.25 bits per heavy atom. The predicted molar refractivity (Wildman–Crippen MR) is 133 cm³/mol. The van der Waals surface area contributed by atoms with Crippen LogP contribution in [0.5, 0.6) is 0 Å². The van der Waals surface area contributed by atoms with Crippen LogP contribution < -0.4 is 15.4 Å². The largest absolute Gasteiger partial charge is 0.598 e. The Balaban J connectivity index is 1.39. The van der Waals surface area contributed by atoms with Gasteiger partial charge in [0.15, 0.2) is 5.82 Å². The Kier molecular flexibility index (Phi) is 7.06. The van der Waals surface area contributed by atoms with E-state index in [0.717, 1.165) is 43.1 Å². The zero-order valence-electron chi connectivity index (χ0n) is 18.4. The lowest BCUT2D eigenvalue weighted by Gasteiger charge is -2.54. The van der Waals surface area contributed by atoms with Gasteiger partial charge in [-0.15, -0.1) is 4.72 Å². The Labute approximate surface area is 206 Å². The van der Waals surface area contributed by atoms with E-state index in [1.54, 1.807) is 18.5 Å². The van der Waals surface area contributed by atoms with Crippen LogP contribution in [0.3, 0.4) is 0 Å². The molecule has 1 unspecified atom stereocenters. The third-order valence-electron chi connectivity index (χ3n) is 6.33. The summed E-state index contributed by atoms with van der Waals surface area (Å²) < 4.78 is 15.7. The smallest absolute Gasteiger partial charge is 0.158 e. The summed E-state index contributed by atoms with van der Waals surface area (Å²) in [6.45, 7) is 7.78. The molecule has 3 N–H and O–H groups in total. The number of hydrogen-bond acceptors (Lipinski definition) is 8. The lowest BCUT2D eigenvalue weighted by atomic mass is 9.60. The predicted octanol–water partition coefficient (Wildman–Crippen LogP) is 4.71. The van der Waals surface area contributed by atoms with Crippen LogP contribution in [-0.2, 0) is 11.4 Å². The number of hydrogen-bond donors (Lipinski definition) is 2. The maximum atomic E-state index is 12.6. The fourth-order valence-electron chi connectivity index (χ4n) is 4.16. The van der Waals surface area contributed by atoms with Crippen molar-refractivity contribution in [2.24, 2.45) is 5.41 Å². The minimum atomic E-state index is -1.04. The fraction of sp³-hybridized carbons (Fsp3) is 0.571. The lowest BCUT2D eigenvalue weighted by molar-refractivity contribution is 0.0504. The molecule has 4 rings (SSSR count). The van der Waals surface area contributed by atoms with E-state index in [2.05, 4.69) is 24.6 Å². The quantitative estimate of drug-likeness (QED) is 0.436. The third kappa shape index (κ3) is 4.93. The van der Waals surface area contributed by atoms with Gasteiger partial charge in [-0.05, 0) is 57.9 Å². The summed E-state index contributed by atoms with van der Waals surface area (Å²) in [5.74, 6) is 1.14. The van der Waals surface area contributed by atoms with E-state index in [0.29, 0.717) is 21.9 Å². The van der Waals surface area contributed by atoms with Crippen LogP contribution in [-0.4, -0.2) is 43.4 Å². The minimum Gasteiger partial charge on any atom is -0.598 e. The van der Waals surface area contributed by atoms with Crippen LogP contribution in [0.25, 0.3) is 0 Å². The molecular formula is C21H28Cl2N6OS2. The van der Waals surface area contributed by atoms with Gasteiger partial charge in [0, 0.05) is 35.5 Å². The van der Waals surface area contributed by atoms with Crippen LogP contribution in [0, 0.1) is 5.41 Å². The van der Waals surface area contributed by atoms with E-state index in [1.165, 1.54) is 18.2 Å². The first-order valence-corrected chi connectivity index (χ1v) is 13.3. The molecule has 0 radical (unpaired) electrons. The van der Waals surface area contributed by atoms with Crippen molar-refractivity contribution in [3.63, 3.8) is 0 Å². The average Bonchev–Trinajstić information content (AvgIpc) is 2.75. The van der Waals surface area contributed by atoms with Gasteiger partial charge in [0.05, 0.1) is 17.3 Å². The molecule has 2 atom stereocenters. The van der Waals surface area contributed by atoms with Gasteiger partial charge >= 0.3 is 0 Å². The Bertz CT molecular complexity index is 981. The maximum absolute atomic E-state index is 12.6. The van der Waals surface area contributed by atoms with Crippen LogP contribution >= 0.6 is 35.0 Å². The van der Waals surface area contributed by atoms with Gasteiger partial charge in [-0.25, -0.2) is 15.0 Å². The van der Waals surface area contributed by atoms with Gasteiger partial charge in [0.1, 0.15) is 20.7 Å². The number of nitrogens with two attached hydrogens (primary N) is 1. The van der Waals surface area contributed by atoms with Crippen molar-refractivity contribution >= 4 is 58.0 Å². The highest BCUT2D eigenvalue weighted by Crippen LogP contribution is 2.50. The van der Waals surface area contributed by atoms with Crippen molar-refractivity contribution < 1.29 is 4.55 Å². The van der Waals surface area contributed by atoms with Gasteiger partial charge in [-0.1, -0.05) is 35.0 Å². The second-order valence-corrected chi connectivity index (χ2v) is 13.1. The fourth-order valence-corrected chi connectivity index (χ4v) is 6.37. The molecule has 0 aromatic carbocycles. The molecule has 2 fully saturated rings. The first kappa shape index (κ1) is 24.2. The maximum Gasteiger partial charge on any atom is 0.158 e. The first-order valence-electron chi connectivity index (χ1n) is 10.6. The number of pyridine rings is 1. The Morgan fingerprint density at radius 3 is 2.56 bits per heavy atom. The molecule has 1 saturated heterocycles. The van der Waals surface area contributed by atoms with Gasteiger partial charge in [0.25, 0.3) is 0 Å². The number of nitrogens with zero attached hydrogens (tertiary/aromatic N) is 4. The second-order valence-electron chi connectivity index (χ2n) is 9.37. The summed E-state index contributed by atoms with van der Waals surface area (Å²) >= 11 is 12.5. The van der Waals surface area contributed by atoms with Crippen LogP contribution in [0.1, 0.15) is 46.5 Å². The topological polar surface area (TPSA) is 103 Å². The normalized spacial score (nSPS) is 21.4. The number of nitrogen functional groups attached to an aromatic ring is 1. The Morgan fingerprint density at radius 2 is 1.97 bits per heavy atom. The first-order chi connectivity index (χ1) is 15.1. The zero-order chi connectivity index (χ0) is 23.1. The van der Waals surface area contributed by atoms with Gasteiger partial charge in [0.2, 0.25) is 0 Å². The van der Waals surface area contributed by atoms with Gasteiger partial charge in [-0.3, -0.25) is 0 Å². The van der Waals surface area contributed by atoms with E-state index in [-0.39, 0.29) is 15.3 Å². The third-order valence-corrected chi connectivity index (χ3v) is 9.89. The molecular weight excluding hydrogens is 487 g/mol. The van der Waals surface area contributed by atoms with E-state index in [9.17, 15) is 4.55 Å². The van der Waals surface area contributed by atoms with Crippen LogP contribution in [0.4, 0.5) is 11.6 Å². The molecule has 174 valence electrons. The van der Waals surface area contributed by atoms with Crippen LogP contribution in [0.2, 0.25) is 10.2 Å². The number of rotatable bonds is 5. The monoisotopic (exact) mass is 514 g/mol. The average molecular weight is 516 g/mol. The summed E-state index contributed by atoms with van der Waals surface area (Å²) in [7, 11) is 0. The molecule has 2 aromatic heterocycles. The van der Waals surface area contributed by atoms with Crippen molar-refractivity contribution in [3.8, 4) is 0 Å². The Hall–Kier alpha value is -0.970. The number of piperidine rings is 1. The highest BCUT2D eigenvalue weighted by molar-refractivity contribution is 7.99. The summed E-state index contributed by atoms with van der Waals surface area (Å²) in [4.78, 5) is 16.1. The van der Waals surface area contributed by atoms with Crippen molar-refractivity contribution in [3.05, 3.63) is 28.6 Å². The summed E-state index contributed by atoms with van der Waals surface area (Å²) in [6, 6.07) is 2.09. The SMILES string of the molecule is CC(C)(C)[S+]([O-])N[C@H]1CCC12CCN(c1cnc(Sc3ccnc(Cl)c3Cl)c(N)n1)CC2. The van der Waals surface area contributed by atoms with Gasteiger partial charge in [-0.2, -0.15) is 0 Å². The van der Waals surface area contributed by atoms with E-state index >= 15 is 0 Å². The number of anilines is 2. The second kappa shape index (κ2) is 9.35. The van der Waals surface area contributed by atoms with Crippen molar-refractivity contribution in [1.82, 2.24) is 19.7 Å². The summed E-state index contributed by atoms with van der Waals surface area (Å²) in [5, 5.41) is 1.21. The van der Waals surface area contributed by atoms with Crippen molar-refractivity contribution in [2.75, 3.05) is 23.7 Å².